The fraction of sp³-hybridized carbons (Fsp3) is 0.125. The molecule has 1 aliphatic heterocycles. The average Bonchev–Trinajstić information content (AvgIpc) is 3.04. The fourth-order valence-corrected chi connectivity index (χ4v) is 4.43. The zero-order valence-electron chi connectivity index (χ0n) is 17.2. The number of Topliss-reactive ketones (excluding diaryl/α,β-unsaturated/α-hetero) is 1. The van der Waals surface area contributed by atoms with Crippen molar-refractivity contribution in [2.75, 3.05) is 12.0 Å². The molecule has 0 radical (unpaired) electrons. The molecule has 0 aliphatic carbocycles. The van der Waals surface area contributed by atoms with Crippen LogP contribution < -0.4 is 9.64 Å². The summed E-state index contributed by atoms with van der Waals surface area (Å²) in [6.45, 7) is 1.84. The van der Waals surface area contributed by atoms with Crippen LogP contribution in [0.4, 0.5) is 5.69 Å². The van der Waals surface area contributed by atoms with E-state index in [1.54, 1.807) is 36.7 Å². The maximum Gasteiger partial charge on any atom is 0.300 e. The zero-order chi connectivity index (χ0) is 23.0. The van der Waals surface area contributed by atoms with E-state index in [0.717, 1.165) is 5.56 Å². The van der Waals surface area contributed by atoms with E-state index < -0.39 is 23.5 Å². The normalized spacial score (nSPS) is 17.6. The van der Waals surface area contributed by atoms with Gasteiger partial charge in [0, 0.05) is 23.1 Å². The van der Waals surface area contributed by atoms with Gasteiger partial charge in [-0.15, -0.1) is 0 Å². The number of ketones is 1. The number of rotatable bonds is 4. The quantitative estimate of drug-likeness (QED) is 0.317. The molecule has 3 aromatic rings. The molecule has 8 heteroatoms. The van der Waals surface area contributed by atoms with Crippen molar-refractivity contribution in [3.63, 3.8) is 0 Å². The van der Waals surface area contributed by atoms with Gasteiger partial charge in [0.25, 0.3) is 11.7 Å². The van der Waals surface area contributed by atoms with Gasteiger partial charge >= 0.3 is 0 Å². The lowest BCUT2D eigenvalue weighted by molar-refractivity contribution is -0.132. The molecule has 0 bridgehead atoms. The Morgan fingerprint density at radius 2 is 1.88 bits per heavy atom. The van der Waals surface area contributed by atoms with Crippen molar-refractivity contribution >= 4 is 46.3 Å². The molecule has 4 rings (SSSR count). The van der Waals surface area contributed by atoms with Crippen LogP contribution in [-0.2, 0) is 9.59 Å². The summed E-state index contributed by atoms with van der Waals surface area (Å²) in [4.78, 5) is 31.9. The Morgan fingerprint density at radius 3 is 2.53 bits per heavy atom. The Balaban J connectivity index is 2.02. The second-order valence-electron chi connectivity index (χ2n) is 7.21. The van der Waals surface area contributed by atoms with Crippen molar-refractivity contribution in [1.82, 2.24) is 4.98 Å². The molecule has 1 aliphatic rings. The lowest BCUT2D eigenvalue weighted by atomic mass is 9.95. The maximum absolute atomic E-state index is 13.2. The maximum atomic E-state index is 13.2. The van der Waals surface area contributed by atoms with Crippen LogP contribution in [0.25, 0.3) is 5.76 Å². The number of aliphatic hydroxyl groups excluding tert-OH is 1. The second-order valence-corrected chi connectivity index (χ2v) is 8.05. The van der Waals surface area contributed by atoms with Crippen LogP contribution in [0.15, 0.2) is 66.5 Å². The number of nitrogens with zero attached hydrogens (tertiary/aromatic N) is 2. The largest absolute Gasteiger partial charge is 0.507 e. The SMILES string of the molecule is COc1c(Cl)cc(Cl)cc1/C(O)=C1\C(=O)C(=O)N(c2ccccc2C)C1c1cccnc1. The molecule has 162 valence electrons. The molecular weight excluding hydrogens is 451 g/mol. The van der Waals surface area contributed by atoms with E-state index in [-0.39, 0.29) is 26.9 Å². The van der Waals surface area contributed by atoms with Gasteiger partial charge in [-0.25, -0.2) is 0 Å². The lowest BCUT2D eigenvalue weighted by Crippen LogP contribution is -2.30. The summed E-state index contributed by atoms with van der Waals surface area (Å²) < 4.78 is 5.34. The zero-order valence-corrected chi connectivity index (χ0v) is 18.7. The summed E-state index contributed by atoms with van der Waals surface area (Å²) in [5.74, 6) is -1.89. The summed E-state index contributed by atoms with van der Waals surface area (Å²) >= 11 is 12.4. The van der Waals surface area contributed by atoms with Crippen molar-refractivity contribution in [2.45, 2.75) is 13.0 Å². The number of amides is 1. The molecular formula is C24H18Cl2N2O4. The number of aryl methyl sites for hydroxylation is 1. The third-order valence-corrected chi connectivity index (χ3v) is 5.79. The average molecular weight is 469 g/mol. The number of para-hydroxylation sites is 1. The van der Waals surface area contributed by atoms with Gasteiger partial charge in [-0.3, -0.25) is 19.5 Å². The van der Waals surface area contributed by atoms with Crippen molar-refractivity contribution in [3.05, 3.63) is 93.2 Å². The van der Waals surface area contributed by atoms with Crippen molar-refractivity contribution in [1.29, 1.82) is 0 Å². The van der Waals surface area contributed by atoms with E-state index in [0.29, 0.717) is 11.3 Å². The number of aliphatic hydroxyl groups is 1. The highest BCUT2D eigenvalue weighted by Crippen LogP contribution is 2.45. The van der Waals surface area contributed by atoms with Crippen LogP contribution >= 0.6 is 23.2 Å². The number of anilines is 1. The number of aromatic nitrogens is 1. The summed E-state index contributed by atoms with van der Waals surface area (Å²) in [5, 5.41) is 11.7. The van der Waals surface area contributed by atoms with E-state index >= 15 is 0 Å². The first-order chi connectivity index (χ1) is 15.3. The summed E-state index contributed by atoms with van der Waals surface area (Å²) in [5.41, 5.74) is 1.92. The molecule has 1 saturated heterocycles. The molecule has 1 unspecified atom stereocenters. The highest BCUT2D eigenvalue weighted by molar-refractivity contribution is 6.52. The van der Waals surface area contributed by atoms with Gasteiger partial charge in [-0.05, 0) is 42.3 Å². The number of hydrogen-bond donors (Lipinski definition) is 1. The van der Waals surface area contributed by atoms with Gasteiger partial charge in [0.1, 0.15) is 11.5 Å². The monoisotopic (exact) mass is 468 g/mol. The van der Waals surface area contributed by atoms with E-state index in [4.69, 9.17) is 27.9 Å². The molecule has 0 saturated carbocycles. The van der Waals surface area contributed by atoms with Gasteiger partial charge in [-0.1, -0.05) is 47.5 Å². The minimum Gasteiger partial charge on any atom is -0.507 e. The lowest BCUT2D eigenvalue weighted by Gasteiger charge is -2.26. The predicted molar refractivity (Wildman–Crippen MR) is 123 cm³/mol. The topological polar surface area (TPSA) is 79.7 Å². The number of carbonyl (C=O) groups is 2. The highest BCUT2D eigenvalue weighted by atomic mass is 35.5. The molecule has 2 aromatic carbocycles. The Kier molecular flexibility index (Phi) is 5.91. The van der Waals surface area contributed by atoms with E-state index in [2.05, 4.69) is 4.98 Å². The van der Waals surface area contributed by atoms with E-state index in [1.165, 1.54) is 24.1 Å². The fourth-order valence-electron chi connectivity index (χ4n) is 3.86. The van der Waals surface area contributed by atoms with Crippen LogP contribution in [0, 0.1) is 6.92 Å². The number of benzene rings is 2. The van der Waals surface area contributed by atoms with Gasteiger partial charge in [0.2, 0.25) is 0 Å². The Bertz CT molecular complexity index is 1260. The summed E-state index contributed by atoms with van der Waals surface area (Å²) in [6, 6.07) is 12.6. The third kappa shape index (κ3) is 3.61. The number of methoxy groups -OCH3 is 1. The molecule has 1 N–H and O–H groups in total. The molecule has 32 heavy (non-hydrogen) atoms. The molecule has 1 atom stereocenters. The number of ether oxygens (including phenoxy) is 1. The van der Waals surface area contributed by atoms with Crippen molar-refractivity contribution in [2.24, 2.45) is 0 Å². The standard InChI is InChI=1S/C24H18Cl2N2O4/c1-13-6-3-4-8-18(13)28-20(14-7-5-9-27-12-14)19(22(30)24(28)31)21(29)16-10-15(25)11-17(26)23(16)32-2/h3-12,20,29H,1-2H3/b21-19+. The van der Waals surface area contributed by atoms with Crippen molar-refractivity contribution in [3.8, 4) is 5.75 Å². The van der Waals surface area contributed by atoms with Crippen molar-refractivity contribution < 1.29 is 19.4 Å². The molecule has 0 spiro atoms. The van der Waals surface area contributed by atoms with Gasteiger partial charge in [0.15, 0.2) is 0 Å². The van der Waals surface area contributed by atoms with Gasteiger partial charge < -0.3 is 9.84 Å². The Morgan fingerprint density at radius 1 is 1.12 bits per heavy atom. The van der Waals surface area contributed by atoms with Gasteiger partial charge in [-0.2, -0.15) is 0 Å². The van der Waals surface area contributed by atoms with Crippen LogP contribution in [0.5, 0.6) is 5.75 Å². The first-order valence-electron chi connectivity index (χ1n) is 9.65. The van der Waals surface area contributed by atoms with Crippen LogP contribution in [-0.4, -0.2) is 28.9 Å². The third-order valence-electron chi connectivity index (χ3n) is 5.29. The predicted octanol–water partition coefficient (Wildman–Crippen LogP) is 5.33. The smallest absolute Gasteiger partial charge is 0.300 e. The molecule has 6 nitrogen and oxygen atoms in total. The van der Waals surface area contributed by atoms with Crippen LogP contribution in [0.2, 0.25) is 10.0 Å². The molecule has 1 amide bonds. The Labute approximate surface area is 194 Å². The van der Waals surface area contributed by atoms with Gasteiger partial charge in [0.05, 0.1) is 29.3 Å². The first-order valence-corrected chi connectivity index (χ1v) is 10.4. The molecule has 2 heterocycles. The number of halogens is 2. The summed E-state index contributed by atoms with van der Waals surface area (Å²) in [6.07, 6.45) is 3.14. The minimum atomic E-state index is -0.910. The number of pyridine rings is 1. The second kappa shape index (κ2) is 8.65. The molecule has 1 aromatic heterocycles. The number of hydrogen-bond acceptors (Lipinski definition) is 5. The van der Waals surface area contributed by atoms with E-state index in [1.807, 2.05) is 19.1 Å². The van der Waals surface area contributed by atoms with Crippen LogP contribution in [0.1, 0.15) is 22.7 Å². The highest BCUT2D eigenvalue weighted by Gasteiger charge is 2.47. The summed E-state index contributed by atoms with van der Waals surface area (Å²) in [7, 11) is 1.39. The molecule has 1 fully saturated rings. The first kappa shape index (κ1) is 21.9. The van der Waals surface area contributed by atoms with Crippen LogP contribution in [0.3, 0.4) is 0 Å². The minimum absolute atomic E-state index is 0.108. The van der Waals surface area contributed by atoms with E-state index in [9.17, 15) is 14.7 Å². The Hall–Kier alpha value is -3.35. The number of carbonyl (C=O) groups excluding carboxylic acids is 2.